The van der Waals surface area contributed by atoms with Gasteiger partial charge in [0.25, 0.3) is 11.8 Å². The quantitative estimate of drug-likeness (QED) is 0.424. The summed E-state index contributed by atoms with van der Waals surface area (Å²) in [4.78, 5) is 36.6. The Hall–Kier alpha value is -3.04. The maximum absolute atomic E-state index is 13.1. The molecule has 32 heavy (non-hydrogen) atoms. The van der Waals surface area contributed by atoms with Gasteiger partial charge in [-0.05, 0) is 25.3 Å². The van der Waals surface area contributed by atoms with Crippen molar-refractivity contribution in [1.29, 1.82) is 0 Å². The highest BCUT2D eigenvalue weighted by Gasteiger charge is 2.24. The van der Waals surface area contributed by atoms with Gasteiger partial charge in [0.2, 0.25) is 0 Å². The summed E-state index contributed by atoms with van der Waals surface area (Å²) in [6.07, 6.45) is 1.84. The summed E-state index contributed by atoms with van der Waals surface area (Å²) in [6, 6.07) is 9.54. The first kappa shape index (κ1) is 22.2. The molecule has 3 aromatic heterocycles. The molecule has 7 nitrogen and oxygen atoms in total. The first-order valence-corrected chi connectivity index (χ1v) is 12.1. The number of benzene rings is 1. The van der Waals surface area contributed by atoms with Gasteiger partial charge < -0.3 is 10.6 Å². The van der Waals surface area contributed by atoms with Crippen LogP contribution in [0.3, 0.4) is 0 Å². The molecule has 0 saturated heterocycles. The van der Waals surface area contributed by atoms with Gasteiger partial charge >= 0.3 is 0 Å². The van der Waals surface area contributed by atoms with Crippen molar-refractivity contribution < 1.29 is 9.59 Å². The zero-order valence-corrected chi connectivity index (χ0v) is 20.0. The van der Waals surface area contributed by atoms with Crippen LogP contribution >= 0.6 is 22.7 Å². The van der Waals surface area contributed by atoms with E-state index in [1.807, 2.05) is 69.6 Å². The van der Waals surface area contributed by atoms with Gasteiger partial charge in [-0.25, -0.2) is 9.97 Å². The minimum atomic E-state index is -0.247. The van der Waals surface area contributed by atoms with Crippen molar-refractivity contribution in [2.24, 2.45) is 5.92 Å². The van der Waals surface area contributed by atoms with Crippen molar-refractivity contribution in [2.45, 2.75) is 33.7 Å². The number of aromatic nitrogens is 3. The third-order valence-corrected chi connectivity index (χ3v) is 7.02. The number of nitrogens with one attached hydrogen (secondary N) is 2. The Balaban J connectivity index is 1.49. The fourth-order valence-electron chi connectivity index (χ4n) is 3.51. The van der Waals surface area contributed by atoms with E-state index in [1.165, 1.54) is 22.7 Å². The molecule has 0 fully saturated rings. The Morgan fingerprint density at radius 2 is 1.84 bits per heavy atom. The lowest BCUT2D eigenvalue weighted by Crippen LogP contribution is -2.47. The minimum absolute atomic E-state index is 0.117. The third-order valence-electron chi connectivity index (χ3n) is 5.24. The van der Waals surface area contributed by atoms with E-state index in [2.05, 4.69) is 20.6 Å². The smallest absolute Gasteiger partial charge is 0.271 e. The van der Waals surface area contributed by atoms with Gasteiger partial charge in [-0.15, -0.1) is 22.7 Å². The summed E-state index contributed by atoms with van der Waals surface area (Å²) in [7, 11) is 0. The van der Waals surface area contributed by atoms with E-state index in [-0.39, 0.29) is 23.8 Å². The van der Waals surface area contributed by atoms with Crippen LogP contribution in [0.4, 0.5) is 0 Å². The molecule has 1 atom stereocenters. The molecule has 0 radical (unpaired) electrons. The molecule has 4 aromatic rings. The summed E-state index contributed by atoms with van der Waals surface area (Å²) in [5, 5.41) is 8.78. The summed E-state index contributed by atoms with van der Waals surface area (Å²) < 4.78 is 1.79. The van der Waals surface area contributed by atoms with Gasteiger partial charge in [0.15, 0.2) is 4.96 Å². The lowest BCUT2D eigenvalue weighted by Gasteiger charge is -2.22. The predicted octanol–water partition coefficient (Wildman–Crippen LogP) is 4.32. The van der Waals surface area contributed by atoms with Gasteiger partial charge in [0.05, 0.1) is 15.6 Å². The van der Waals surface area contributed by atoms with Crippen LogP contribution in [0.25, 0.3) is 15.4 Å². The number of fused-ring (bicyclic) bond motifs is 1. The molecular weight excluding hydrogens is 442 g/mol. The van der Waals surface area contributed by atoms with E-state index >= 15 is 0 Å². The Morgan fingerprint density at radius 1 is 1.09 bits per heavy atom. The predicted molar refractivity (Wildman–Crippen MR) is 129 cm³/mol. The highest BCUT2D eigenvalue weighted by atomic mass is 32.1. The molecule has 0 aliphatic rings. The summed E-state index contributed by atoms with van der Waals surface area (Å²) >= 11 is 2.99. The zero-order chi connectivity index (χ0) is 22.8. The van der Waals surface area contributed by atoms with Crippen LogP contribution in [0.2, 0.25) is 0 Å². The fraction of sp³-hybridized carbons (Fsp3) is 0.304. The van der Waals surface area contributed by atoms with Crippen molar-refractivity contribution in [3.05, 3.63) is 64.0 Å². The van der Waals surface area contributed by atoms with E-state index in [0.717, 1.165) is 20.4 Å². The second-order valence-electron chi connectivity index (χ2n) is 7.91. The molecule has 0 aliphatic carbocycles. The minimum Gasteiger partial charge on any atom is -0.349 e. The number of rotatable bonds is 7. The van der Waals surface area contributed by atoms with Crippen molar-refractivity contribution in [3.8, 4) is 10.4 Å². The van der Waals surface area contributed by atoms with E-state index in [4.69, 9.17) is 0 Å². The summed E-state index contributed by atoms with van der Waals surface area (Å²) in [5.74, 6) is -0.323. The number of carbonyl (C=O) groups is 2. The number of hydrogen-bond donors (Lipinski definition) is 2. The number of nitrogens with zero attached hydrogens (tertiary/aromatic N) is 3. The third kappa shape index (κ3) is 4.44. The molecule has 0 saturated carbocycles. The molecule has 2 N–H and O–H groups in total. The topological polar surface area (TPSA) is 88.4 Å². The SMILES string of the molecule is Cc1nc(C(=O)NC(CNC(=O)c2c(C)nc3sccn23)C(C)C)c(-c2ccccc2)s1. The highest BCUT2D eigenvalue weighted by Crippen LogP contribution is 2.30. The van der Waals surface area contributed by atoms with Gasteiger partial charge in [-0.2, -0.15) is 0 Å². The molecule has 166 valence electrons. The summed E-state index contributed by atoms with van der Waals surface area (Å²) in [5.41, 5.74) is 2.59. The van der Waals surface area contributed by atoms with Crippen LogP contribution in [-0.2, 0) is 0 Å². The van der Waals surface area contributed by atoms with Crippen molar-refractivity contribution >= 4 is 39.4 Å². The molecule has 9 heteroatoms. The Bertz CT molecular complexity index is 1260. The van der Waals surface area contributed by atoms with Gasteiger partial charge in [-0.3, -0.25) is 14.0 Å². The van der Waals surface area contributed by atoms with Crippen molar-refractivity contribution in [3.63, 3.8) is 0 Å². The molecule has 2 amide bonds. The average molecular weight is 468 g/mol. The number of amides is 2. The molecule has 0 aliphatic heterocycles. The van der Waals surface area contributed by atoms with Crippen LogP contribution in [0.15, 0.2) is 41.9 Å². The monoisotopic (exact) mass is 467 g/mol. The van der Waals surface area contributed by atoms with Crippen LogP contribution in [0, 0.1) is 19.8 Å². The van der Waals surface area contributed by atoms with Crippen LogP contribution in [0.5, 0.6) is 0 Å². The lowest BCUT2D eigenvalue weighted by molar-refractivity contribution is 0.0892. The Kier molecular flexibility index (Phi) is 6.38. The van der Waals surface area contributed by atoms with Crippen molar-refractivity contribution in [1.82, 2.24) is 25.0 Å². The molecule has 3 heterocycles. The molecule has 1 unspecified atom stereocenters. The maximum atomic E-state index is 13.1. The average Bonchev–Trinajstić information content (AvgIpc) is 3.45. The van der Waals surface area contributed by atoms with Crippen LogP contribution < -0.4 is 10.6 Å². The maximum Gasteiger partial charge on any atom is 0.271 e. The number of aryl methyl sites for hydroxylation is 2. The summed E-state index contributed by atoms with van der Waals surface area (Å²) in [6.45, 7) is 8.06. The standard InChI is InChI=1S/C23H25N5O2S2/c1-13(2)17(12-24-22(30)19-14(3)25-23-28(19)10-11-31-23)27-21(29)18-20(32-15(4)26-18)16-8-6-5-7-9-16/h5-11,13,17H,12H2,1-4H3,(H,24,30)(H,27,29). The van der Waals surface area contributed by atoms with Crippen LogP contribution in [0.1, 0.15) is 45.5 Å². The van der Waals surface area contributed by atoms with E-state index in [0.29, 0.717) is 23.6 Å². The van der Waals surface area contributed by atoms with Gasteiger partial charge in [0.1, 0.15) is 11.4 Å². The van der Waals surface area contributed by atoms with Crippen LogP contribution in [-0.4, -0.2) is 38.8 Å². The number of carbonyl (C=O) groups excluding carboxylic acids is 2. The lowest BCUT2D eigenvalue weighted by atomic mass is 10.0. The molecule has 4 rings (SSSR count). The van der Waals surface area contributed by atoms with E-state index in [1.54, 1.807) is 4.40 Å². The Morgan fingerprint density at radius 3 is 2.56 bits per heavy atom. The highest BCUT2D eigenvalue weighted by molar-refractivity contribution is 7.15. The molecule has 1 aromatic carbocycles. The van der Waals surface area contributed by atoms with E-state index in [9.17, 15) is 9.59 Å². The first-order valence-electron chi connectivity index (χ1n) is 10.4. The number of imidazole rings is 1. The first-order chi connectivity index (χ1) is 15.3. The van der Waals surface area contributed by atoms with Gasteiger partial charge in [-0.1, -0.05) is 44.2 Å². The fourth-order valence-corrected chi connectivity index (χ4v) is 5.19. The Labute approximate surface area is 194 Å². The molecular formula is C23H25N5O2S2. The second kappa shape index (κ2) is 9.22. The zero-order valence-electron chi connectivity index (χ0n) is 18.4. The number of thiazole rings is 2. The molecule has 0 spiro atoms. The number of hydrogen-bond acceptors (Lipinski definition) is 6. The van der Waals surface area contributed by atoms with Gasteiger partial charge in [0, 0.05) is 24.2 Å². The normalized spacial score (nSPS) is 12.3. The van der Waals surface area contributed by atoms with Crippen molar-refractivity contribution in [2.75, 3.05) is 6.54 Å². The van der Waals surface area contributed by atoms with E-state index < -0.39 is 0 Å². The molecule has 0 bridgehead atoms. The largest absolute Gasteiger partial charge is 0.349 e. The second-order valence-corrected chi connectivity index (χ2v) is 9.99.